The molecule has 0 spiro atoms. The van der Waals surface area contributed by atoms with Gasteiger partial charge in [-0.1, -0.05) is 17.2 Å². The molecular weight excluding hydrogens is 456 g/mol. The summed E-state index contributed by atoms with van der Waals surface area (Å²) in [6.45, 7) is 0.464. The molecule has 3 aromatic rings. The first kappa shape index (κ1) is 21.3. The van der Waals surface area contributed by atoms with E-state index in [4.69, 9.17) is 14.2 Å². The highest BCUT2D eigenvalue weighted by atomic mass is 32.2. The highest BCUT2D eigenvalue weighted by Crippen LogP contribution is 2.36. The summed E-state index contributed by atoms with van der Waals surface area (Å²) in [5, 5.41) is 13.6. The molecule has 0 aliphatic carbocycles. The van der Waals surface area contributed by atoms with E-state index >= 15 is 0 Å². The Morgan fingerprint density at radius 2 is 2.03 bits per heavy atom. The molecule has 0 amide bonds. The van der Waals surface area contributed by atoms with E-state index in [0.717, 1.165) is 17.0 Å². The molecule has 5 rings (SSSR count). The number of nitrogens with one attached hydrogen (secondary N) is 1. The van der Waals surface area contributed by atoms with Crippen LogP contribution in [0.25, 0.3) is 0 Å². The standard InChI is InChI=1S/C19H22N6O5S2/c1-24(2)12-5-3-6-13(9-12)30-19-20-22-23-25(19)15-11-29-17-14(10-28-18(15)17)21-32(26,27)16-7-4-8-31-16/h3-9,14-15,17-18,21H,10-11H2,1-2H3/t14-,15+,17-,18+/m0/s1. The number of ether oxygens (including phenoxy) is 3. The average Bonchev–Trinajstić information content (AvgIpc) is 3.54. The van der Waals surface area contributed by atoms with Crippen LogP contribution in [0.5, 0.6) is 11.8 Å². The normalized spacial score (nSPS) is 25.1. The number of rotatable bonds is 7. The Morgan fingerprint density at radius 1 is 1.19 bits per heavy atom. The van der Waals surface area contributed by atoms with Gasteiger partial charge in [-0.15, -0.1) is 11.3 Å². The van der Waals surface area contributed by atoms with Gasteiger partial charge in [-0.3, -0.25) is 0 Å². The molecule has 2 aliphatic rings. The molecule has 1 N–H and O–H groups in total. The van der Waals surface area contributed by atoms with Crippen LogP contribution in [0.1, 0.15) is 6.04 Å². The van der Waals surface area contributed by atoms with Crippen molar-refractivity contribution in [1.29, 1.82) is 0 Å². The minimum atomic E-state index is -3.64. The van der Waals surface area contributed by atoms with E-state index in [1.54, 1.807) is 17.5 Å². The molecule has 2 saturated heterocycles. The Kier molecular flexibility index (Phi) is 5.59. The molecule has 13 heteroatoms. The summed E-state index contributed by atoms with van der Waals surface area (Å²) in [4.78, 5) is 1.97. The maximum atomic E-state index is 12.6. The SMILES string of the molecule is CN(C)c1cccc(Oc2nnnn2[C@@H]2CO[C@@H]3[C@@H]2OC[C@@H]3NS(=O)(=O)c2cccs2)c1. The van der Waals surface area contributed by atoms with E-state index in [-0.39, 0.29) is 29.5 Å². The van der Waals surface area contributed by atoms with Crippen LogP contribution in [0, 0.1) is 0 Å². The van der Waals surface area contributed by atoms with Crippen molar-refractivity contribution in [3.63, 3.8) is 0 Å². The maximum Gasteiger partial charge on any atom is 0.341 e. The third-order valence-electron chi connectivity index (χ3n) is 5.41. The van der Waals surface area contributed by atoms with E-state index in [1.165, 1.54) is 4.68 Å². The van der Waals surface area contributed by atoms with Gasteiger partial charge in [-0.25, -0.2) is 13.1 Å². The monoisotopic (exact) mass is 478 g/mol. The molecule has 1 aromatic carbocycles. The zero-order valence-corrected chi connectivity index (χ0v) is 19.0. The number of tetrazole rings is 1. The second-order valence-corrected chi connectivity index (χ2v) is 10.6. The van der Waals surface area contributed by atoms with Crippen LogP contribution in [0.4, 0.5) is 5.69 Å². The fourth-order valence-corrected chi connectivity index (χ4v) is 6.10. The van der Waals surface area contributed by atoms with Crippen molar-refractivity contribution in [2.75, 3.05) is 32.2 Å². The zero-order valence-electron chi connectivity index (χ0n) is 17.4. The van der Waals surface area contributed by atoms with E-state index < -0.39 is 28.3 Å². The largest absolute Gasteiger partial charge is 0.423 e. The summed E-state index contributed by atoms with van der Waals surface area (Å²) in [5.41, 5.74) is 0.978. The first-order valence-electron chi connectivity index (χ1n) is 9.94. The summed E-state index contributed by atoms with van der Waals surface area (Å²) in [7, 11) is 0.251. The molecule has 11 nitrogen and oxygen atoms in total. The first-order chi connectivity index (χ1) is 15.4. The molecule has 4 atom stereocenters. The lowest BCUT2D eigenvalue weighted by Crippen LogP contribution is -2.43. The van der Waals surface area contributed by atoms with Crippen LogP contribution in [0.2, 0.25) is 0 Å². The van der Waals surface area contributed by atoms with E-state index in [0.29, 0.717) is 5.75 Å². The van der Waals surface area contributed by atoms with E-state index in [2.05, 4.69) is 20.2 Å². The Balaban J connectivity index is 1.31. The smallest absolute Gasteiger partial charge is 0.341 e. The lowest BCUT2D eigenvalue weighted by atomic mass is 10.1. The van der Waals surface area contributed by atoms with Gasteiger partial charge >= 0.3 is 6.01 Å². The molecule has 32 heavy (non-hydrogen) atoms. The number of nitrogens with zero attached hydrogens (tertiary/aromatic N) is 5. The summed E-state index contributed by atoms with van der Waals surface area (Å²) >= 11 is 1.16. The van der Waals surface area contributed by atoms with Crippen LogP contribution in [0.15, 0.2) is 46.0 Å². The number of anilines is 1. The molecule has 4 heterocycles. The fourth-order valence-electron chi connectivity index (χ4n) is 3.85. The van der Waals surface area contributed by atoms with Crippen molar-refractivity contribution in [2.24, 2.45) is 0 Å². The van der Waals surface area contributed by atoms with Crippen molar-refractivity contribution in [2.45, 2.75) is 28.5 Å². The summed E-state index contributed by atoms with van der Waals surface area (Å²) in [6, 6.07) is 10.2. The van der Waals surface area contributed by atoms with Gasteiger partial charge in [0.25, 0.3) is 0 Å². The second-order valence-electron chi connectivity index (χ2n) is 7.72. The quantitative estimate of drug-likeness (QED) is 0.535. The van der Waals surface area contributed by atoms with Gasteiger partial charge in [0.2, 0.25) is 10.0 Å². The van der Waals surface area contributed by atoms with Crippen molar-refractivity contribution in [1.82, 2.24) is 24.9 Å². The lowest BCUT2D eigenvalue weighted by Gasteiger charge is -2.18. The van der Waals surface area contributed by atoms with Crippen LogP contribution < -0.4 is 14.4 Å². The molecule has 0 unspecified atom stereocenters. The topological polar surface area (TPSA) is 121 Å². The molecule has 0 bridgehead atoms. The van der Waals surface area contributed by atoms with Gasteiger partial charge in [-0.05, 0) is 34.0 Å². The van der Waals surface area contributed by atoms with Crippen LogP contribution in [-0.4, -0.2) is 74.2 Å². The lowest BCUT2D eigenvalue weighted by molar-refractivity contribution is 0.0615. The predicted octanol–water partition coefficient (Wildman–Crippen LogP) is 1.28. The van der Waals surface area contributed by atoms with Crippen LogP contribution >= 0.6 is 11.3 Å². The first-order valence-corrected chi connectivity index (χ1v) is 12.3. The second kappa shape index (κ2) is 8.41. The number of hydrogen-bond donors (Lipinski definition) is 1. The van der Waals surface area contributed by atoms with Crippen LogP contribution in [0.3, 0.4) is 0 Å². The highest BCUT2D eigenvalue weighted by Gasteiger charge is 2.51. The third-order valence-corrected chi connectivity index (χ3v) is 8.30. The molecule has 2 aliphatic heterocycles. The zero-order chi connectivity index (χ0) is 22.3. The number of aromatic nitrogens is 4. The Morgan fingerprint density at radius 3 is 2.81 bits per heavy atom. The van der Waals surface area contributed by atoms with E-state index in [9.17, 15) is 8.42 Å². The van der Waals surface area contributed by atoms with Crippen LogP contribution in [-0.2, 0) is 19.5 Å². The average molecular weight is 479 g/mol. The van der Waals surface area contributed by atoms with Crippen molar-refractivity contribution in [3.05, 3.63) is 41.8 Å². The van der Waals surface area contributed by atoms with Crippen molar-refractivity contribution >= 4 is 27.0 Å². The minimum absolute atomic E-state index is 0.194. The Bertz CT molecular complexity index is 1180. The molecule has 0 saturated carbocycles. The van der Waals surface area contributed by atoms with Gasteiger partial charge in [0.15, 0.2) is 0 Å². The van der Waals surface area contributed by atoms with Gasteiger partial charge in [0, 0.05) is 25.8 Å². The molecular formula is C19H22N6O5S2. The van der Waals surface area contributed by atoms with Gasteiger partial charge in [0.1, 0.15) is 28.2 Å². The predicted molar refractivity (Wildman–Crippen MR) is 116 cm³/mol. The van der Waals surface area contributed by atoms with Gasteiger partial charge < -0.3 is 19.1 Å². The van der Waals surface area contributed by atoms with Crippen molar-refractivity contribution < 1.29 is 22.6 Å². The molecule has 2 fully saturated rings. The van der Waals surface area contributed by atoms with Gasteiger partial charge in [-0.2, -0.15) is 4.68 Å². The Hall–Kier alpha value is -2.58. The number of thiophene rings is 1. The maximum absolute atomic E-state index is 12.6. The molecule has 2 aromatic heterocycles. The fraction of sp³-hybridized carbons (Fsp3) is 0.421. The van der Waals surface area contributed by atoms with E-state index in [1.807, 2.05) is 43.3 Å². The summed E-state index contributed by atoms with van der Waals surface area (Å²) < 4.78 is 47.5. The summed E-state index contributed by atoms with van der Waals surface area (Å²) in [6.07, 6.45) is -0.867. The number of fused-ring (bicyclic) bond motifs is 1. The Labute approximate surface area is 188 Å². The highest BCUT2D eigenvalue weighted by molar-refractivity contribution is 7.91. The number of benzene rings is 1. The minimum Gasteiger partial charge on any atom is -0.423 e. The van der Waals surface area contributed by atoms with Gasteiger partial charge in [0.05, 0.1) is 19.3 Å². The third kappa shape index (κ3) is 3.97. The number of hydrogen-bond acceptors (Lipinski definition) is 10. The molecule has 170 valence electrons. The van der Waals surface area contributed by atoms with Crippen molar-refractivity contribution in [3.8, 4) is 11.8 Å². The number of sulfonamides is 1. The molecule has 0 radical (unpaired) electrons. The summed E-state index contributed by atoms with van der Waals surface area (Å²) in [5.74, 6) is 0.594.